The van der Waals surface area contributed by atoms with Crippen molar-refractivity contribution in [1.82, 2.24) is 0 Å². The van der Waals surface area contributed by atoms with Crippen LogP contribution in [0.2, 0.25) is 0 Å². The highest BCUT2D eigenvalue weighted by Gasteiger charge is 2.32. The Labute approximate surface area is 158 Å². The van der Waals surface area contributed by atoms with Crippen LogP contribution in [0.1, 0.15) is 19.3 Å². The third-order valence-corrected chi connectivity index (χ3v) is 4.30. The first kappa shape index (κ1) is 19.5. The average Bonchev–Trinajstić information content (AvgIpc) is 3.11. The molecule has 0 saturated heterocycles. The van der Waals surface area contributed by atoms with E-state index in [0.717, 1.165) is 6.07 Å². The highest BCUT2D eigenvalue weighted by atomic mass is 19.4. The molecule has 0 atom stereocenters. The zero-order chi connectivity index (χ0) is 20.3. The van der Waals surface area contributed by atoms with Crippen molar-refractivity contribution < 1.29 is 32.6 Å². The number of ether oxygens (including phenoxy) is 1. The molecule has 0 saturated carbocycles. The molecule has 5 nitrogen and oxygen atoms in total. The number of aliphatic carboxylic acids is 1. The Hall–Kier alpha value is -3.29. The van der Waals surface area contributed by atoms with Crippen molar-refractivity contribution in [2.75, 3.05) is 5.32 Å². The molecular formula is C20H16F3NO4. The summed E-state index contributed by atoms with van der Waals surface area (Å²) in [5.41, 5.74) is 0.977. The summed E-state index contributed by atoms with van der Waals surface area (Å²) in [4.78, 5) is 23.6. The first-order chi connectivity index (χ1) is 13.2. The lowest BCUT2D eigenvalue weighted by atomic mass is 10.0. The quantitative estimate of drug-likeness (QED) is 0.771. The summed E-state index contributed by atoms with van der Waals surface area (Å²) in [6.07, 6.45) is -3.77. The van der Waals surface area contributed by atoms with Crippen LogP contribution in [0.15, 0.2) is 59.7 Å². The van der Waals surface area contributed by atoms with Crippen LogP contribution in [-0.4, -0.2) is 23.3 Å². The first-order valence-electron chi connectivity index (χ1n) is 8.46. The fourth-order valence-corrected chi connectivity index (χ4v) is 3.10. The molecule has 1 amide bonds. The van der Waals surface area contributed by atoms with Crippen LogP contribution in [0.5, 0.6) is 5.75 Å². The van der Waals surface area contributed by atoms with Gasteiger partial charge in [-0.15, -0.1) is 13.2 Å². The van der Waals surface area contributed by atoms with Crippen molar-refractivity contribution in [1.29, 1.82) is 0 Å². The van der Waals surface area contributed by atoms with E-state index in [-0.39, 0.29) is 28.8 Å². The maximum Gasteiger partial charge on any atom is 0.573 e. The second kappa shape index (κ2) is 7.75. The monoisotopic (exact) mass is 391 g/mol. The van der Waals surface area contributed by atoms with Gasteiger partial charge in [-0.05, 0) is 37.0 Å². The third-order valence-electron chi connectivity index (χ3n) is 4.30. The minimum atomic E-state index is -4.91. The van der Waals surface area contributed by atoms with E-state index in [0.29, 0.717) is 18.4 Å². The number of carbonyl (C=O) groups excluding carboxylic acids is 1. The van der Waals surface area contributed by atoms with Gasteiger partial charge in [-0.1, -0.05) is 30.3 Å². The molecule has 0 unspecified atom stereocenters. The summed E-state index contributed by atoms with van der Waals surface area (Å²) in [5.74, 6) is -2.26. The second-order valence-electron chi connectivity index (χ2n) is 6.19. The van der Waals surface area contributed by atoms with Gasteiger partial charge in [0.15, 0.2) is 0 Å². The van der Waals surface area contributed by atoms with Crippen LogP contribution in [-0.2, 0) is 9.59 Å². The number of halogens is 3. The summed E-state index contributed by atoms with van der Waals surface area (Å²) < 4.78 is 42.6. The Balaban J connectivity index is 1.93. The van der Waals surface area contributed by atoms with Crippen LogP contribution in [0.3, 0.4) is 0 Å². The van der Waals surface area contributed by atoms with Gasteiger partial charge in [-0.2, -0.15) is 0 Å². The SMILES string of the molecule is O=C(O)C1=C(C(=O)Nc2ccc(-c3ccccc3)c(OC(F)(F)F)c2)CCC1. The Morgan fingerprint density at radius 3 is 2.32 bits per heavy atom. The van der Waals surface area contributed by atoms with E-state index >= 15 is 0 Å². The fraction of sp³-hybridized carbons (Fsp3) is 0.200. The minimum Gasteiger partial charge on any atom is -0.478 e. The molecule has 2 N–H and O–H groups in total. The van der Waals surface area contributed by atoms with Crippen LogP contribution in [0.4, 0.5) is 18.9 Å². The van der Waals surface area contributed by atoms with E-state index < -0.39 is 24.0 Å². The molecule has 0 aliphatic heterocycles. The highest BCUT2D eigenvalue weighted by molar-refractivity contribution is 6.09. The maximum absolute atomic E-state index is 12.8. The van der Waals surface area contributed by atoms with E-state index in [1.807, 2.05) is 0 Å². The van der Waals surface area contributed by atoms with E-state index in [1.165, 1.54) is 12.1 Å². The Morgan fingerprint density at radius 1 is 1.00 bits per heavy atom. The average molecular weight is 391 g/mol. The number of carboxylic acid groups (broad SMARTS) is 1. The van der Waals surface area contributed by atoms with Gasteiger partial charge in [0.25, 0.3) is 5.91 Å². The number of carbonyl (C=O) groups is 2. The summed E-state index contributed by atoms with van der Waals surface area (Å²) in [7, 11) is 0. The number of nitrogens with one attached hydrogen (secondary N) is 1. The van der Waals surface area contributed by atoms with Crippen LogP contribution in [0, 0.1) is 0 Å². The lowest BCUT2D eigenvalue weighted by Crippen LogP contribution is -2.19. The summed E-state index contributed by atoms with van der Waals surface area (Å²) in [6.45, 7) is 0. The lowest BCUT2D eigenvalue weighted by molar-refractivity contribution is -0.274. The topological polar surface area (TPSA) is 75.6 Å². The van der Waals surface area contributed by atoms with Gasteiger partial charge in [0, 0.05) is 28.5 Å². The lowest BCUT2D eigenvalue weighted by Gasteiger charge is -2.15. The largest absolute Gasteiger partial charge is 0.573 e. The van der Waals surface area contributed by atoms with Crippen molar-refractivity contribution in [2.45, 2.75) is 25.6 Å². The normalized spacial score (nSPS) is 14.1. The number of anilines is 1. The van der Waals surface area contributed by atoms with Crippen LogP contribution < -0.4 is 10.1 Å². The number of carboxylic acids is 1. The summed E-state index contributed by atoms with van der Waals surface area (Å²) in [6, 6.07) is 12.3. The molecule has 28 heavy (non-hydrogen) atoms. The van der Waals surface area contributed by atoms with Crippen molar-refractivity contribution in [2.24, 2.45) is 0 Å². The molecule has 0 fully saturated rings. The predicted molar refractivity (Wildman–Crippen MR) is 95.7 cm³/mol. The van der Waals surface area contributed by atoms with E-state index in [9.17, 15) is 22.8 Å². The molecule has 2 aromatic carbocycles. The molecule has 1 aliphatic rings. The Kier molecular flexibility index (Phi) is 5.39. The maximum atomic E-state index is 12.8. The molecule has 0 heterocycles. The molecule has 8 heteroatoms. The summed E-state index contributed by atoms with van der Waals surface area (Å²) >= 11 is 0. The van der Waals surface area contributed by atoms with E-state index in [4.69, 9.17) is 5.11 Å². The molecule has 146 valence electrons. The second-order valence-corrected chi connectivity index (χ2v) is 6.19. The summed E-state index contributed by atoms with van der Waals surface area (Å²) in [5, 5.41) is 11.6. The molecule has 0 bridgehead atoms. The van der Waals surface area contributed by atoms with Crippen molar-refractivity contribution in [3.8, 4) is 16.9 Å². The van der Waals surface area contributed by atoms with Crippen molar-refractivity contribution >= 4 is 17.6 Å². The number of hydrogen-bond donors (Lipinski definition) is 2. The zero-order valence-electron chi connectivity index (χ0n) is 14.5. The van der Waals surface area contributed by atoms with Gasteiger partial charge in [0.1, 0.15) is 5.75 Å². The molecular weight excluding hydrogens is 375 g/mol. The Morgan fingerprint density at radius 2 is 1.68 bits per heavy atom. The minimum absolute atomic E-state index is 0.0326. The van der Waals surface area contributed by atoms with E-state index in [2.05, 4.69) is 10.1 Å². The number of amides is 1. The van der Waals surface area contributed by atoms with Gasteiger partial charge < -0.3 is 15.2 Å². The van der Waals surface area contributed by atoms with Gasteiger partial charge in [0.05, 0.1) is 0 Å². The predicted octanol–water partition coefficient (Wildman–Crippen LogP) is 4.76. The third kappa shape index (κ3) is 4.51. The van der Waals surface area contributed by atoms with Crippen LogP contribution >= 0.6 is 0 Å². The van der Waals surface area contributed by atoms with Gasteiger partial charge in [-0.3, -0.25) is 4.79 Å². The number of rotatable bonds is 5. The molecule has 0 aromatic heterocycles. The van der Waals surface area contributed by atoms with Crippen molar-refractivity contribution in [3.63, 3.8) is 0 Å². The van der Waals surface area contributed by atoms with E-state index in [1.54, 1.807) is 30.3 Å². The standard InChI is InChI=1S/C20H16F3NO4/c21-20(22,23)28-17-11-13(9-10-14(17)12-5-2-1-3-6-12)24-18(25)15-7-4-8-16(15)19(26)27/h1-3,5-6,9-11H,4,7-8H2,(H,24,25)(H,26,27). The molecule has 0 radical (unpaired) electrons. The molecule has 1 aliphatic carbocycles. The zero-order valence-corrected chi connectivity index (χ0v) is 14.5. The number of hydrogen-bond acceptors (Lipinski definition) is 3. The number of benzene rings is 2. The molecule has 2 aromatic rings. The van der Waals surface area contributed by atoms with Crippen LogP contribution in [0.25, 0.3) is 11.1 Å². The highest BCUT2D eigenvalue weighted by Crippen LogP contribution is 2.36. The fourth-order valence-electron chi connectivity index (χ4n) is 3.10. The number of alkyl halides is 3. The molecule has 3 rings (SSSR count). The van der Waals surface area contributed by atoms with Gasteiger partial charge in [-0.25, -0.2) is 4.79 Å². The smallest absolute Gasteiger partial charge is 0.478 e. The van der Waals surface area contributed by atoms with Gasteiger partial charge >= 0.3 is 12.3 Å². The molecule has 0 spiro atoms. The van der Waals surface area contributed by atoms with Crippen molar-refractivity contribution in [3.05, 3.63) is 59.7 Å². The van der Waals surface area contributed by atoms with Gasteiger partial charge in [0.2, 0.25) is 0 Å². The first-order valence-corrected chi connectivity index (χ1v) is 8.46. The Bertz CT molecular complexity index is 936.